The maximum Gasteiger partial charge on any atom is 0.0463 e. The second-order valence-electron chi connectivity index (χ2n) is 11.3. The van der Waals surface area contributed by atoms with Gasteiger partial charge in [0.2, 0.25) is 0 Å². The van der Waals surface area contributed by atoms with Crippen molar-refractivity contribution in [2.24, 2.45) is 0 Å². The van der Waals surface area contributed by atoms with Gasteiger partial charge >= 0.3 is 0 Å². The molecule has 0 bridgehead atoms. The molecule has 0 saturated heterocycles. The van der Waals surface area contributed by atoms with Crippen molar-refractivity contribution in [2.45, 2.75) is 19.8 Å². The molecular formula is C40H34N2. The highest BCUT2D eigenvalue weighted by molar-refractivity contribution is 5.82. The van der Waals surface area contributed by atoms with E-state index in [9.17, 15) is 0 Å². The SMILES string of the molecule is Cc1ccc2c(c1)C(c1ccc(N(c3ccccc3)c3ccc(N(C)c4ccccc4)cc3)cc1)c1cc(C)ccc1-2. The van der Waals surface area contributed by atoms with Gasteiger partial charge in [0, 0.05) is 41.4 Å². The minimum atomic E-state index is 0.238. The maximum absolute atomic E-state index is 2.37. The largest absolute Gasteiger partial charge is 0.345 e. The quantitative estimate of drug-likeness (QED) is 0.206. The summed E-state index contributed by atoms with van der Waals surface area (Å²) in [5, 5.41) is 0. The van der Waals surface area contributed by atoms with E-state index in [0.29, 0.717) is 0 Å². The fourth-order valence-electron chi connectivity index (χ4n) is 6.33. The van der Waals surface area contributed by atoms with Crippen molar-refractivity contribution in [2.75, 3.05) is 16.8 Å². The lowest BCUT2D eigenvalue weighted by molar-refractivity contribution is 1.01. The van der Waals surface area contributed by atoms with Gasteiger partial charge in [-0.2, -0.15) is 0 Å². The number of aryl methyl sites for hydroxylation is 2. The van der Waals surface area contributed by atoms with Gasteiger partial charge in [-0.25, -0.2) is 0 Å². The molecule has 0 fully saturated rings. The molecule has 0 unspecified atom stereocenters. The Kier molecular flexibility index (Phi) is 6.60. The first-order valence-corrected chi connectivity index (χ1v) is 14.6. The molecule has 1 aliphatic rings. The number of nitrogens with zero attached hydrogens (tertiary/aromatic N) is 2. The molecule has 0 aliphatic heterocycles. The second kappa shape index (κ2) is 10.7. The van der Waals surface area contributed by atoms with E-state index in [2.05, 4.69) is 176 Å². The van der Waals surface area contributed by atoms with Crippen LogP contribution in [0.15, 0.2) is 146 Å². The second-order valence-corrected chi connectivity index (χ2v) is 11.3. The van der Waals surface area contributed by atoms with E-state index in [1.54, 1.807) is 0 Å². The molecule has 42 heavy (non-hydrogen) atoms. The third-order valence-electron chi connectivity index (χ3n) is 8.46. The van der Waals surface area contributed by atoms with Crippen molar-refractivity contribution in [3.63, 3.8) is 0 Å². The van der Waals surface area contributed by atoms with Gasteiger partial charge in [-0.15, -0.1) is 0 Å². The van der Waals surface area contributed by atoms with Crippen LogP contribution in [0.1, 0.15) is 33.7 Å². The van der Waals surface area contributed by atoms with Gasteiger partial charge < -0.3 is 9.80 Å². The van der Waals surface area contributed by atoms with Crippen LogP contribution in [0.2, 0.25) is 0 Å². The molecule has 2 heteroatoms. The monoisotopic (exact) mass is 542 g/mol. The van der Waals surface area contributed by atoms with Crippen LogP contribution in [0.25, 0.3) is 11.1 Å². The number of benzene rings is 6. The molecule has 0 atom stereocenters. The molecule has 204 valence electrons. The average Bonchev–Trinajstić information content (AvgIpc) is 3.34. The summed E-state index contributed by atoms with van der Waals surface area (Å²) in [6.07, 6.45) is 0. The van der Waals surface area contributed by atoms with Gasteiger partial charge in [-0.05, 0) is 102 Å². The summed E-state index contributed by atoms with van der Waals surface area (Å²) in [6, 6.07) is 52.9. The first kappa shape index (κ1) is 25.9. The first-order chi connectivity index (χ1) is 20.6. The van der Waals surface area contributed by atoms with Crippen molar-refractivity contribution >= 4 is 28.4 Å². The Morgan fingerprint density at radius 3 is 1.36 bits per heavy atom. The zero-order valence-electron chi connectivity index (χ0n) is 24.3. The molecule has 1 aliphatic carbocycles. The number of rotatable bonds is 6. The summed E-state index contributed by atoms with van der Waals surface area (Å²) in [6.45, 7) is 4.38. The van der Waals surface area contributed by atoms with Gasteiger partial charge in [0.15, 0.2) is 0 Å². The van der Waals surface area contributed by atoms with Crippen LogP contribution in [0, 0.1) is 13.8 Å². The predicted molar refractivity (Wildman–Crippen MR) is 178 cm³/mol. The summed E-state index contributed by atoms with van der Waals surface area (Å²) in [4.78, 5) is 4.55. The molecule has 7 rings (SSSR count). The van der Waals surface area contributed by atoms with Gasteiger partial charge in [0.1, 0.15) is 0 Å². The highest BCUT2D eigenvalue weighted by atomic mass is 15.1. The standard InChI is InChI=1S/C40H34N2/c1-28-14-24-36-37-25-15-29(2)27-39(37)40(38(36)26-28)30-16-18-34(19-17-30)42(33-12-8-5-9-13-33)35-22-20-32(21-23-35)41(3)31-10-6-4-7-11-31/h4-27,40H,1-3H3. The van der Waals surface area contributed by atoms with Crippen LogP contribution >= 0.6 is 0 Å². The van der Waals surface area contributed by atoms with Crippen molar-refractivity contribution < 1.29 is 0 Å². The predicted octanol–water partition coefficient (Wildman–Crippen LogP) is 10.7. The molecule has 0 aromatic heterocycles. The third kappa shape index (κ3) is 4.65. The van der Waals surface area contributed by atoms with Crippen LogP contribution in [0.5, 0.6) is 0 Å². The molecule has 0 spiro atoms. The van der Waals surface area contributed by atoms with Crippen LogP contribution in [-0.2, 0) is 0 Å². The maximum atomic E-state index is 2.37. The van der Waals surface area contributed by atoms with E-state index in [1.807, 2.05) is 0 Å². The fraction of sp³-hybridized carbons (Fsp3) is 0.100. The normalized spacial score (nSPS) is 12.1. The van der Waals surface area contributed by atoms with E-state index in [4.69, 9.17) is 0 Å². The van der Waals surface area contributed by atoms with E-state index < -0.39 is 0 Å². The number of hydrogen-bond acceptors (Lipinski definition) is 2. The smallest absolute Gasteiger partial charge is 0.0463 e. The molecule has 2 nitrogen and oxygen atoms in total. The Labute approximate surface area is 249 Å². The summed E-state index contributed by atoms with van der Waals surface area (Å²) in [5.41, 5.74) is 15.2. The van der Waals surface area contributed by atoms with E-state index in [1.165, 1.54) is 44.6 Å². The minimum Gasteiger partial charge on any atom is -0.345 e. The molecule has 0 saturated carbocycles. The highest BCUT2D eigenvalue weighted by Gasteiger charge is 2.30. The molecule has 0 N–H and O–H groups in total. The average molecular weight is 543 g/mol. The van der Waals surface area contributed by atoms with Crippen LogP contribution in [-0.4, -0.2) is 7.05 Å². The zero-order valence-corrected chi connectivity index (χ0v) is 24.3. The van der Waals surface area contributed by atoms with Crippen LogP contribution < -0.4 is 9.80 Å². The van der Waals surface area contributed by atoms with E-state index in [0.717, 1.165) is 22.7 Å². The van der Waals surface area contributed by atoms with Gasteiger partial charge in [0.05, 0.1) is 0 Å². The zero-order chi connectivity index (χ0) is 28.6. The van der Waals surface area contributed by atoms with E-state index >= 15 is 0 Å². The molecule has 6 aromatic carbocycles. The molecule has 0 radical (unpaired) electrons. The Morgan fingerprint density at radius 2 is 0.833 bits per heavy atom. The number of fused-ring (bicyclic) bond motifs is 3. The topological polar surface area (TPSA) is 6.48 Å². The molecule has 6 aromatic rings. The first-order valence-electron chi connectivity index (χ1n) is 14.6. The van der Waals surface area contributed by atoms with Gasteiger partial charge in [0.25, 0.3) is 0 Å². The number of hydrogen-bond donors (Lipinski definition) is 0. The number of para-hydroxylation sites is 2. The highest BCUT2D eigenvalue weighted by Crippen LogP contribution is 2.49. The molecule has 0 amide bonds. The van der Waals surface area contributed by atoms with E-state index in [-0.39, 0.29) is 5.92 Å². The third-order valence-corrected chi connectivity index (χ3v) is 8.46. The minimum absolute atomic E-state index is 0.238. The fourth-order valence-corrected chi connectivity index (χ4v) is 6.33. The molecule has 0 heterocycles. The van der Waals surface area contributed by atoms with Crippen molar-refractivity contribution in [1.29, 1.82) is 0 Å². The Hall–Kier alpha value is -5.08. The van der Waals surface area contributed by atoms with Crippen molar-refractivity contribution in [3.8, 4) is 11.1 Å². The van der Waals surface area contributed by atoms with Gasteiger partial charge in [-0.3, -0.25) is 0 Å². The lowest BCUT2D eigenvalue weighted by Gasteiger charge is -2.27. The lowest BCUT2D eigenvalue weighted by Crippen LogP contribution is -2.12. The number of anilines is 5. The Morgan fingerprint density at radius 1 is 0.429 bits per heavy atom. The molecular weight excluding hydrogens is 508 g/mol. The van der Waals surface area contributed by atoms with Crippen LogP contribution in [0.3, 0.4) is 0 Å². The van der Waals surface area contributed by atoms with Crippen LogP contribution in [0.4, 0.5) is 28.4 Å². The Bertz CT molecular complexity index is 1790. The lowest BCUT2D eigenvalue weighted by atomic mass is 9.88. The van der Waals surface area contributed by atoms with Gasteiger partial charge in [-0.1, -0.05) is 96.1 Å². The summed E-state index contributed by atoms with van der Waals surface area (Å²) >= 11 is 0. The summed E-state index contributed by atoms with van der Waals surface area (Å²) in [5.74, 6) is 0.238. The Balaban J connectivity index is 1.26. The van der Waals surface area contributed by atoms with Crippen molar-refractivity contribution in [3.05, 3.63) is 173 Å². The van der Waals surface area contributed by atoms with Crippen molar-refractivity contribution in [1.82, 2.24) is 0 Å². The summed E-state index contributed by atoms with van der Waals surface area (Å²) < 4.78 is 0. The summed E-state index contributed by atoms with van der Waals surface area (Å²) in [7, 11) is 2.11.